The van der Waals surface area contributed by atoms with Gasteiger partial charge >= 0.3 is 17.6 Å². The largest absolute Gasteiger partial charge is 0.461 e. The molecule has 4 aromatic rings. The van der Waals surface area contributed by atoms with Gasteiger partial charge in [0.15, 0.2) is 12.3 Å². The second-order valence-electron chi connectivity index (χ2n) is 10.6. The number of halogens is 1. The molecule has 2 aliphatic rings. The average Bonchev–Trinajstić information content (AvgIpc) is 3.33. The zero-order chi connectivity index (χ0) is 30.8. The second-order valence-corrected chi connectivity index (χ2v) is 12.0. The summed E-state index contributed by atoms with van der Waals surface area (Å²) >= 11 is 1.02. The van der Waals surface area contributed by atoms with Crippen molar-refractivity contribution in [2.24, 2.45) is 5.92 Å². The molecule has 1 amide bonds. The van der Waals surface area contributed by atoms with Gasteiger partial charge in [0.05, 0.1) is 16.7 Å². The molecule has 1 saturated heterocycles. The number of rotatable bonds is 7. The minimum Gasteiger partial charge on any atom is -0.461 e. The van der Waals surface area contributed by atoms with Crippen molar-refractivity contribution in [3.8, 4) is 0 Å². The zero-order valence-electron chi connectivity index (χ0n) is 23.6. The number of alkyl halides is 1. The third-order valence-corrected chi connectivity index (χ3v) is 9.12. The zero-order valence-corrected chi connectivity index (χ0v) is 24.4. The summed E-state index contributed by atoms with van der Waals surface area (Å²) < 4.78 is 28.6. The Morgan fingerprint density at radius 3 is 2.61 bits per heavy atom. The summed E-state index contributed by atoms with van der Waals surface area (Å²) in [7, 11) is 0. The van der Waals surface area contributed by atoms with E-state index in [1.54, 1.807) is 18.2 Å². The highest BCUT2D eigenvalue weighted by atomic mass is 32.2. The molecule has 0 bridgehead atoms. The molecule has 2 heterocycles. The lowest BCUT2D eigenvalue weighted by molar-refractivity contribution is -0.156. The van der Waals surface area contributed by atoms with E-state index in [0.29, 0.717) is 12.0 Å². The fourth-order valence-corrected chi connectivity index (χ4v) is 6.86. The number of hydrogen-bond donors (Lipinski definition) is 1. The van der Waals surface area contributed by atoms with Crippen LogP contribution in [0.25, 0.3) is 16.8 Å². The Kier molecular flexibility index (Phi) is 8.30. The maximum atomic E-state index is 16.2. The Bertz CT molecular complexity index is 1840. The molecule has 1 aliphatic carbocycles. The number of hydrogen-bond acceptors (Lipinski definition) is 8. The molecule has 11 heteroatoms. The number of nitrogens with zero attached hydrogens (tertiary/aromatic N) is 2. The summed E-state index contributed by atoms with van der Waals surface area (Å²) in [4.78, 5) is 54.4. The van der Waals surface area contributed by atoms with Gasteiger partial charge in [0, 0.05) is 13.1 Å². The summed E-state index contributed by atoms with van der Waals surface area (Å²) in [6.07, 6.45) is 2.18. The Morgan fingerprint density at radius 2 is 1.82 bits per heavy atom. The van der Waals surface area contributed by atoms with E-state index in [0.717, 1.165) is 38.2 Å². The molecule has 1 fully saturated rings. The predicted molar refractivity (Wildman–Crippen MR) is 165 cm³/mol. The number of ether oxygens (including phenoxy) is 2. The molecule has 1 aliphatic heterocycles. The summed E-state index contributed by atoms with van der Waals surface area (Å²) in [6.45, 7) is 1.02. The van der Waals surface area contributed by atoms with Crippen molar-refractivity contribution in [2.45, 2.75) is 36.2 Å². The van der Waals surface area contributed by atoms with Crippen molar-refractivity contribution in [1.82, 2.24) is 9.55 Å². The fraction of sp³-hybridized carbons (Fsp3) is 0.242. The summed E-state index contributed by atoms with van der Waals surface area (Å²) in [5, 5.41) is 2.32. The lowest BCUT2D eigenvalue weighted by atomic mass is 9.90. The van der Waals surface area contributed by atoms with Gasteiger partial charge in [-0.25, -0.2) is 14.0 Å². The summed E-state index contributed by atoms with van der Waals surface area (Å²) in [5.41, 5.74) is 1.52. The first-order chi connectivity index (χ1) is 21.3. The van der Waals surface area contributed by atoms with E-state index in [9.17, 15) is 19.2 Å². The number of thioether (sulfide) groups is 1. The number of carbonyl (C=O) groups is 3. The first kappa shape index (κ1) is 29.3. The monoisotopic (exact) mass is 613 g/mol. The molecule has 1 unspecified atom stereocenters. The van der Waals surface area contributed by atoms with E-state index in [1.165, 1.54) is 19.2 Å². The smallest absolute Gasteiger partial charge is 0.350 e. The minimum absolute atomic E-state index is 0.0327. The van der Waals surface area contributed by atoms with Gasteiger partial charge in [-0.2, -0.15) is 4.98 Å². The topological polar surface area (TPSA) is 117 Å². The second kappa shape index (κ2) is 12.5. The maximum Gasteiger partial charge on any atom is 0.350 e. The lowest BCUT2D eigenvalue weighted by Gasteiger charge is -2.24. The van der Waals surface area contributed by atoms with Gasteiger partial charge < -0.3 is 14.8 Å². The molecule has 224 valence electrons. The van der Waals surface area contributed by atoms with Crippen LogP contribution in [0.4, 0.5) is 10.2 Å². The highest BCUT2D eigenvalue weighted by Crippen LogP contribution is 2.45. The van der Waals surface area contributed by atoms with Gasteiger partial charge in [-0.05, 0) is 46.5 Å². The molecule has 6 rings (SSSR count). The third-order valence-electron chi connectivity index (χ3n) is 7.60. The fourth-order valence-electron chi connectivity index (χ4n) is 5.40. The highest BCUT2D eigenvalue weighted by molar-refractivity contribution is 8.00. The molecular formula is C33H28FN3O6S. The highest BCUT2D eigenvalue weighted by Gasteiger charge is 2.49. The Labute approximate surface area is 256 Å². The number of fused-ring (bicyclic) bond motifs is 2. The molecular weight excluding hydrogens is 585 g/mol. The van der Waals surface area contributed by atoms with E-state index in [4.69, 9.17) is 9.47 Å². The normalized spacial score (nSPS) is 22.3. The van der Waals surface area contributed by atoms with Crippen molar-refractivity contribution in [2.75, 3.05) is 11.9 Å². The predicted octanol–water partition coefficient (Wildman–Crippen LogP) is 4.96. The van der Waals surface area contributed by atoms with E-state index in [2.05, 4.69) is 10.3 Å². The van der Waals surface area contributed by atoms with Crippen LogP contribution in [0.1, 0.15) is 33.8 Å². The standard InChI is InChI=1S/C33H28FN3O6S/c1-19(38)35-27-14-15-37(33(41)36-27)30-28(34)29(43-32(40)25-13-11-21-7-3-5-9-23(21)17-25)26(44-30)18-42-31(39)24-12-10-20-6-2-4-8-22(20)16-24/h2-16,25-26,28-30H,17-18H2,1H3,(H,35,36,38,41)/t25?,26-,28+,29-,30-/m1/s1. The van der Waals surface area contributed by atoms with E-state index < -0.39 is 52.4 Å². The van der Waals surface area contributed by atoms with Gasteiger partial charge in [-0.3, -0.25) is 14.2 Å². The van der Waals surface area contributed by atoms with Crippen LogP contribution in [0, 0.1) is 5.92 Å². The summed E-state index contributed by atoms with van der Waals surface area (Å²) in [6, 6.07) is 21.8. The van der Waals surface area contributed by atoms with Crippen molar-refractivity contribution >= 4 is 52.3 Å². The van der Waals surface area contributed by atoms with Crippen LogP contribution in [-0.4, -0.2) is 51.5 Å². The van der Waals surface area contributed by atoms with Gasteiger partial charge in [0.25, 0.3) is 0 Å². The molecule has 1 N–H and O–H groups in total. The van der Waals surface area contributed by atoms with Gasteiger partial charge in [-0.1, -0.05) is 66.7 Å². The van der Waals surface area contributed by atoms with Crippen LogP contribution in [0.3, 0.4) is 0 Å². The molecule has 0 spiro atoms. The molecule has 5 atom stereocenters. The van der Waals surface area contributed by atoms with Gasteiger partial charge in [-0.15, -0.1) is 11.8 Å². The van der Waals surface area contributed by atoms with Crippen LogP contribution in [0.15, 0.2) is 89.9 Å². The van der Waals surface area contributed by atoms with Crippen molar-refractivity contribution < 1.29 is 28.2 Å². The van der Waals surface area contributed by atoms with Crippen LogP contribution in [0.5, 0.6) is 0 Å². The number of aromatic nitrogens is 2. The number of amides is 1. The Balaban J connectivity index is 1.22. The van der Waals surface area contributed by atoms with Crippen LogP contribution < -0.4 is 11.0 Å². The van der Waals surface area contributed by atoms with Gasteiger partial charge in [0.2, 0.25) is 5.91 Å². The van der Waals surface area contributed by atoms with E-state index in [1.807, 2.05) is 60.7 Å². The Morgan fingerprint density at radius 1 is 1.05 bits per heavy atom. The summed E-state index contributed by atoms with van der Waals surface area (Å²) in [5.74, 6) is -2.21. The van der Waals surface area contributed by atoms with Crippen LogP contribution in [-0.2, 0) is 25.5 Å². The van der Waals surface area contributed by atoms with Crippen molar-refractivity contribution in [3.05, 3.63) is 112 Å². The molecule has 0 radical (unpaired) electrons. The number of nitrogens with one attached hydrogen (secondary N) is 1. The number of carbonyl (C=O) groups excluding carboxylic acids is 3. The quantitative estimate of drug-likeness (QED) is 0.291. The SMILES string of the molecule is CC(=O)Nc1ccn([C@@H]2S[C@H](COC(=O)c3ccc4ccccc4c3)[C@@H](OC(=O)C3C=Cc4ccccc4C3)[C@@H]2F)c(=O)n1. The molecule has 0 saturated carbocycles. The number of esters is 2. The molecule has 1 aromatic heterocycles. The van der Waals surface area contributed by atoms with Crippen LogP contribution in [0.2, 0.25) is 0 Å². The third kappa shape index (κ3) is 6.14. The van der Waals surface area contributed by atoms with Crippen LogP contribution >= 0.6 is 11.8 Å². The average molecular weight is 614 g/mol. The molecule has 44 heavy (non-hydrogen) atoms. The lowest BCUT2D eigenvalue weighted by Crippen LogP contribution is -2.39. The number of anilines is 1. The maximum absolute atomic E-state index is 16.2. The molecule has 9 nitrogen and oxygen atoms in total. The first-order valence-electron chi connectivity index (χ1n) is 14.1. The van der Waals surface area contributed by atoms with Crippen molar-refractivity contribution in [3.63, 3.8) is 0 Å². The number of benzene rings is 3. The van der Waals surface area contributed by atoms with E-state index in [-0.39, 0.29) is 12.4 Å². The van der Waals surface area contributed by atoms with Crippen molar-refractivity contribution in [1.29, 1.82) is 0 Å². The van der Waals surface area contributed by atoms with E-state index >= 15 is 4.39 Å². The Hall–Kier alpha value is -4.77. The van der Waals surface area contributed by atoms with Gasteiger partial charge in [0.1, 0.15) is 17.8 Å². The minimum atomic E-state index is -1.82. The first-order valence-corrected chi connectivity index (χ1v) is 15.0. The molecule has 3 aromatic carbocycles.